The van der Waals surface area contributed by atoms with Crippen LogP contribution in [0, 0.1) is 0 Å². The molecule has 18 heavy (non-hydrogen) atoms. The van der Waals surface area contributed by atoms with Crippen LogP contribution < -0.4 is 5.32 Å². The Morgan fingerprint density at radius 1 is 1.22 bits per heavy atom. The number of nitrogens with one attached hydrogen (secondary N) is 1. The lowest BCUT2D eigenvalue weighted by Gasteiger charge is -2.00. The van der Waals surface area contributed by atoms with Gasteiger partial charge in [-0.05, 0) is 12.1 Å². The summed E-state index contributed by atoms with van der Waals surface area (Å²) in [4.78, 5) is 14.4. The van der Waals surface area contributed by atoms with Gasteiger partial charge >= 0.3 is 18.0 Å². The normalized spacial score (nSPS) is 11.3. The molecule has 1 aromatic carbocycles. The van der Waals surface area contributed by atoms with Crippen LogP contribution in [-0.4, -0.2) is 16.0 Å². The van der Waals surface area contributed by atoms with Crippen LogP contribution in [0.3, 0.4) is 0 Å². The van der Waals surface area contributed by atoms with Crippen LogP contribution >= 0.6 is 0 Å². The number of hydrogen-bond acceptors (Lipinski definition) is 4. The third-order valence-corrected chi connectivity index (χ3v) is 1.91. The molecular weight excluding hydrogens is 251 g/mol. The third-order valence-electron chi connectivity index (χ3n) is 1.91. The number of carbonyl (C=O) groups is 1. The lowest BCUT2D eigenvalue weighted by molar-refractivity contribution is -0.146. The van der Waals surface area contributed by atoms with Crippen molar-refractivity contribution in [2.75, 3.05) is 5.32 Å². The molecule has 0 radical (unpaired) electrons. The van der Waals surface area contributed by atoms with Crippen molar-refractivity contribution in [1.82, 2.24) is 10.1 Å². The lowest BCUT2D eigenvalue weighted by Crippen LogP contribution is -2.13. The summed E-state index contributed by atoms with van der Waals surface area (Å²) in [6, 6.07) is 8.18. The topological polar surface area (TPSA) is 68.0 Å². The van der Waals surface area contributed by atoms with E-state index in [4.69, 9.17) is 0 Å². The minimum absolute atomic E-state index is 0.411. The number of amides is 1. The number of alkyl halides is 3. The van der Waals surface area contributed by atoms with E-state index < -0.39 is 23.8 Å². The fraction of sp³-hybridized carbons (Fsp3) is 0.100. The molecule has 5 nitrogen and oxygen atoms in total. The van der Waals surface area contributed by atoms with E-state index in [0.717, 1.165) is 0 Å². The molecule has 0 spiro atoms. The summed E-state index contributed by atoms with van der Waals surface area (Å²) in [6.07, 6.45) is -4.74. The molecule has 0 aliphatic carbocycles. The fourth-order valence-electron chi connectivity index (χ4n) is 1.14. The molecule has 0 saturated carbocycles. The van der Waals surface area contributed by atoms with Crippen molar-refractivity contribution in [2.24, 2.45) is 0 Å². The maximum atomic E-state index is 12.2. The van der Waals surface area contributed by atoms with E-state index in [0.29, 0.717) is 5.69 Å². The maximum absolute atomic E-state index is 12.2. The zero-order chi connectivity index (χ0) is 13.2. The van der Waals surface area contributed by atoms with Gasteiger partial charge in [0.05, 0.1) is 0 Å². The number of hydrogen-bond donors (Lipinski definition) is 1. The Morgan fingerprint density at radius 2 is 1.89 bits per heavy atom. The first-order chi connectivity index (χ1) is 8.47. The van der Waals surface area contributed by atoms with Gasteiger partial charge in [-0.2, -0.15) is 18.2 Å². The van der Waals surface area contributed by atoms with Crippen molar-refractivity contribution in [3.05, 3.63) is 42.0 Å². The zero-order valence-corrected chi connectivity index (χ0v) is 8.73. The summed E-state index contributed by atoms with van der Waals surface area (Å²) in [5, 5.41) is 5.00. The maximum Gasteiger partial charge on any atom is 0.455 e. The summed E-state index contributed by atoms with van der Waals surface area (Å²) >= 11 is 0. The monoisotopic (exact) mass is 257 g/mol. The van der Waals surface area contributed by atoms with Crippen LogP contribution in [0.25, 0.3) is 0 Å². The molecule has 0 aliphatic rings. The molecule has 1 heterocycles. The summed E-state index contributed by atoms with van der Waals surface area (Å²) in [7, 11) is 0. The van der Waals surface area contributed by atoms with Crippen molar-refractivity contribution in [3.63, 3.8) is 0 Å². The Bertz CT molecular complexity index is 551. The molecule has 0 aliphatic heterocycles. The summed E-state index contributed by atoms with van der Waals surface area (Å²) in [5.41, 5.74) is 0.411. The second kappa shape index (κ2) is 4.47. The van der Waals surface area contributed by atoms with Crippen molar-refractivity contribution >= 4 is 11.6 Å². The van der Waals surface area contributed by atoms with Crippen LogP contribution in [-0.2, 0) is 6.18 Å². The Hall–Kier alpha value is -2.38. The van der Waals surface area contributed by atoms with Crippen molar-refractivity contribution in [1.29, 1.82) is 0 Å². The Morgan fingerprint density at radius 3 is 2.44 bits per heavy atom. The second-order valence-electron chi connectivity index (χ2n) is 3.24. The van der Waals surface area contributed by atoms with E-state index in [1.54, 1.807) is 30.3 Å². The van der Waals surface area contributed by atoms with Gasteiger partial charge < -0.3 is 9.84 Å². The highest BCUT2D eigenvalue weighted by Crippen LogP contribution is 2.26. The highest BCUT2D eigenvalue weighted by molar-refractivity contribution is 6.00. The molecule has 2 aromatic rings. The highest BCUT2D eigenvalue weighted by atomic mass is 19.4. The Balaban J connectivity index is 2.13. The van der Waals surface area contributed by atoms with Gasteiger partial charge in [0.1, 0.15) is 0 Å². The van der Waals surface area contributed by atoms with Gasteiger partial charge in [0.2, 0.25) is 0 Å². The van der Waals surface area contributed by atoms with Crippen molar-refractivity contribution in [3.8, 4) is 0 Å². The second-order valence-corrected chi connectivity index (χ2v) is 3.24. The SMILES string of the molecule is O=C(Nc1ccccc1)c1nc(C(F)(F)F)no1. The molecule has 0 bridgehead atoms. The Kier molecular flexibility index (Phi) is 3.00. The van der Waals surface area contributed by atoms with Crippen LogP contribution in [0.15, 0.2) is 34.9 Å². The van der Waals surface area contributed by atoms with Gasteiger partial charge in [0.15, 0.2) is 0 Å². The number of aromatic nitrogens is 2. The smallest absolute Gasteiger partial charge is 0.328 e. The standard InChI is InChI=1S/C10H6F3N3O2/c11-10(12,13)9-15-8(18-16-9)7(17)14-6-4-2-1-3-5-6/h1-5H,(H,14,17). The molecular formula is C10H6F3N3O2. The molecule has 8 heteroatoms. The molecule has 2 rings (SSSR count). The molecule has 94 valence electrons. The molecule has 1 amide bonds. The molecule has 0 atom stereocenters. The number of para-hydroxylation sites is 1. The highest BCUT2D eigenvalue weighted by Gasteiger charge is 2.38. The van der Waals surface area contributed by atoms with Gasteiger partial charge in [0.25, 0.3) is 5.82 Å². The summed E-state index contributed by atoms with van der Waals surface area (Å²) in [6.45, 7) is 0. The van der Waals surface area contributed by atoms with Gasteiger partial charge in [-0.15, -0.1) is 0 Å². The van der Waals surface area contributed by atoms with Crippen molar-refractivity contribution in [2.45, 2.75) is 6.18 Å². The summed E-state index contributed by atoms with van der Waals surface area (Å²) in [5.74, 6) is -3.13. The number of halogens is 3. The van der Waals surface area contributed by atoms with E-state index in [1.165, 1.54) is 0 Å². The van der Waals surface area contributed by atoms with E-state index in [9.17, 15) is 18.0 Å². The van der Waals surface area contributed by atoms with E-state index in [2.05, 4.69) is 20.0 Å². The van der Waals surface area contributed by atoms with Crippen LogP contribution in [0.5, 0.6) is 0 Å². The van der Waals surface area contributed by atoms with Crippen molar-refractivity contribution < 1.29 is 22.5 Å². The average molecular weight is 257 g/mol. The molecule has 1 aromatic heterocycles. The first kappa shape index (κ1) is 12.1. The fourth-order valence-corrected chi connectivity index (χ4v) is 1.14. The molecule has 0 unspecified atom stereocenters. The van der Waals surface area contributed by atoms with Crippen LogP contribution in [0.1, 0.15) is 16.5 Å². The number of carbonyl (C=O) groups excluding carboxylic acids is 1. The minimum Gasteiger partial charge on any atom is -0.328 e. The van der Waals surface area contributed by atoms with Crippen LogP contribution in [0.2, 0.25) is 0 Å². The molecule has 0 fully saturated rings. The zero-order valence-electron chi connectivity index (χ0n) is 8.73. The van der Waals surface area contributed by atoms with Gasteiger partial charge in [-0.25, -0.2) is 0 Å². The van der Waals surface area contributed by atoms with Gasteiger partial charge in [-0.1, -0.05) is 23.4 Å². The summed E-state index contributed by atoms with van der Waals surface area (Å²) < 4.78 is 40.8. The third kappa shape index (κ3) is 2.65. The number of rotatable bonds is 2. The van der Waals surface area contributed by atoms with Crippen LogP contribution in [0.4, 0.5) is 18.9 Å². The predicted octanol–water partition coefficient (Wildman–Crippen LogP) is 2.34. The van der Waals surface area contributed by atoms with E-state index >= 15 is 0 Å². The van der Waals surface area contributed by atoms with E-state index in [1.807, 2.05) is 0 Å². The average Bonchev–Trinajstić information content (AvgIpc) is 2.79. The quantitative estimate of drug-likeness (QED) is 0.896. The van der Waals surface area contributed by atoms with Gasteiger partial charge in [-0.3, -0.25) is 4.79 Å². The van der Waals surface area contributed by atoms with E-state index in [-0.39, 0.29) is 0 Å². The van der Waals surface area contributed by atoms with Gasteiger partial charge in [0, 0.05) is 5.69 Å². The largest absolute Gasteiger partial charge is 0.455 e. The molecule has 0 saturated heterocycles. The minimum atomic E-state index is -4.74. The molecule has 1 N–H and O–H groups in total. The first-order valence-corrected chi connectivity index (χ1v) is 4.74. The number of nitrogens with zero attached hydrogens (tertiary/aromatic N) is 2. The number of benzene rings is 1. The predicted molar refractivity (Wildman–Crippen MR) is 53.7 cm³/mol. The first-order valence-electron chi connectivity index (χ1n) is 4.74. The lowest BCUT2D eigenvalue weighted by atomic mass is 10.3. The number of anilines is 1. The Labute approximate surface area is 98.6 Å².